The summed E-state index contributed by atoms with van der Waals surface area (Å²) < 4.78 is 32.6. The lowest BCUT2D eigenvalue weighted by Gasteiger charge is -2.45. The topological polar surface area (TPSA) is 302 Å². The largest absolute Gasteiger partial charge is 0.495 e. The number of ether oxygens (including phenoxy) is 5. The van der Waals surface area contributed by atoms with Crippen molar-refractivity contribution in [2.75, 3.05) is 109 Å². The fourth-order valence-corrected chi connectivity index (χ4v) is 16.9. The number of methoxy groups -OCH3 is 1. The second kappa shape index (κ2) is 37.5. The normalized spacial score (nSPS) is 16.8. The molecular formula is C87H93N13O13S2. The summed E-state index contributed by atoms with van der Waals surface area (Å²) >= 11 is 2.52. The summed E-state index contributed by atoms with van der Waals surface area (Å²) in [5.41, 5.74) is 4.59. The Hall–Kier alpha value is -11.0. The summed E-state index contributed by atoms with van der Waals surface area (Å²) in [6.07, 6.45) is 8.98. The molecule has 26 nitrogen and oxygen atoms in total. The predicted octanol–water partition coefficient (Wildman–Crippen LogP) is 9.34. The van der Waals surface area contributed by atoms with Crippen molar-refractivity contribution in [2.45, 2.75) is 104 Å². The lowest BCUT2D eigenvalue weighted by Crippen LogP contribution is -2.55. The second-order valence-corrected chi connectivity index (χ2v) is 31.5. The maximum absolute atomic E-state index is 14.1. The Morgan fingerprint density at radius 3 is 2.07 bits per heavy atom. The average Bonchev–Trinajstić information content (AvgIpc) is 1.34. The number of fused-ring (bicyclic) bond motifs is 2. The molecule has 0 spiro atoms. The van der Waals surface area contributed by atoms with Gasteiger partial charge in [0.1, 0.15) is 24.0 Å². The molecule has 0 radical (unpaired) electrons. The van der Waals surface area contributed by atoms with Gasteiger partial charge in [0.15, 0.2) is 5.60 Å². The predicted molar refractivity (Wildman–Crippen MR) is 440 cm³/mol. The lowest BCUT2D eigenvalue weighted by molar-refractivity contribution is -0.138. The number of carbonyl (C=O) groups is 7. The number of thioether (sulfide) groups is 2. The Balaban J connectivity index is 0.601. The van der Waals surface area contributed by atoms with Gasteiger partial charge in [-0.1, -0.05) is 138 Å². The third-order valence-electron chi connectivity index (χ3n) is 21.3. The maximum atomic E-state index is 14.1. The molecule has 1 saturated carbocycles. The average molecular weight is 1590 g/mol. The fourth-order valence-electron chi connectivity index (χ4n) is 14.8. The van der Waals surface area contributed by atoms with Crippen molar-refractivity contribution in [3.8, 4) is 28.7 Å². The van der Waals surface area contributed by atoms with Crippen molar-refractivity contribution >= 4 is 98.4 Å². The van der Waals surface area contributed by atoms with Crippen molar-refractivity contribution in [1.82, 2.24) is 55.9 Å². The highest BCUT2D eigenvalue weighted by Gasteiger charge is 2.46. The van der Waals surface area contributed by atoms with E-state index in [1.54, 1.807) is 31.0 Å². The number of anilines is 2. The summed E-state index contributed by atoms with van der Waals surface area (Å²) in [6, 6.07) is 50.2. The van der Waals surface area contributed by atoms with Crippen LogP contribution in [0.15, 0.2) is 201 Å². The lowest BCUT2D eigenvalue weighted by atomic mass is 9.87. The van der Waals surface area contributed by atoms with Crippen molar-refractivity contribution in [3.63, 3.8) is 0 Å². The maximum Gasteiger partial charge on any atom is 0.328 e. The highest BCUT2D eigenvalue weighted by molar-refractivity contribution is 8.08. The van der Waals surface area contributed by atoms with Gasteiger partial charge in [0.25, 0.3) is 17.4 Å². The van der Waals surface area contributed by atoms with Gasteiger partial charge in [0.05, 0.1) is 92.6 Å². The number of rotatable bonds is 34. The molecule has 6 aromatic carbocycles. The van der Waals surface area contributed by atoms with Crippen LogP contribution in [0.5, 0.6) is 5.75 Å². The third-order valence-corrected chi connectivity index (χ3v) is 23.6. The highest BCUT2D eigenvalue weighted by atomic mass is 32.2. The molecule has 596 valence electrons. The van der Waals surface area contributed by atoms with Gasteiger partial charge in [0.2, 0.25) is 29.6 Å². The molecular weight excluding hydrogens is 1500 g/mol. The number of amides is 8. The van der Waals surface area contributed by atoms with Crippen LogP contribution in [0.3, 0.4) is 0 Å². The molecule has 4 aliphatic heterocycles. The smallest absolute Gasteiger partial charge is 0.328 e. The Labute approximate surface area is 675 Å². The number of H-pyrrole nitrogens is 1. The minimum atomic E-state index is -1.36. The van der Waals surface area contributed by atoms with E-state index >= 15 is 0 Å². The number of hydrogen-bond acceptors (Lipinski definition) is 20. The molecule has 5 aliphatic rings. The molecule has 7 heterocycles. The number of aromatic nitrogens is 4. The van der Waals surface area contributed by atoms with Crippen LogP contribution in [0.4, 0.5) is 16.4 Å². The molecule has 9 aromatic rings. The first kappa shape index (κ1) is 80.6. The zero-order valence-electron chi connectivity index (χ0n) is 64.5. The number of carbonyl (C=O) groups excluding carboxylic acids is 7. The van der Waals surface area contributed by atoms with Gasteiger partial charge >= 0.3 is 6.03 Å². The molecule has 0 unspecified atom stereocenters. The van der Waals surface area contributed by atoms with Crippen LogP contribution < -0.4 is 46.7 Å². The van der Waals surface area contributed by atoms with E-state index in [4.69, 9.17) is 33.7 Å². The first-order valence-electron chi connectivity index (χ1n) is 38.9. The summed E-state index contributed by atoms with van der Waals surface area (Å²) in [6.45, 7) is 5.79. The van der Waals surface area contributed by atoms with E-state index in [-0.39, 0.29) is 107 Å². The Morgan fingerprint density at radius 1 is 0.713 bits per heavy atom. The van der Waals surface area contributed by atoms with Crippen LogP contribution in [0.2, 0.25) is 0 Å². The van der Waals surface area contributed by atoms with Gasteiger partial charge in [-0.05, 0) is 123 Å². The minimum Gasteiger partial charge on any atom is -0.495 e. The molecule has 4 fully saturated rings. The minimum absolute atomic E-state index is 0.0126. The molecule has 8 amide bonds. The van der Waals surface area contributed by atoms with Crippen molar-refractivity contribution in [2.24, 2.45) is 7.05 Å². The third kappa shape index (κ3) is 19.9. The molecule has 3 aromatic heterocycles. The van der Waals surface area contributed by atoms with Crippen molar-refractivity contribution in [3.05, 3.63) is 219 Å². The van der Waals surface area contributed by atoms with Crippen LogP contribution in [0, 0.1) is 11.8 Å². The van der Waals surface area contributed by atoms with E-state index in [0.717, 1.165) is 94.6 Å². The molecule has 115 heavy (non-hydrogen) atoms. The second-order valence-electron chi connectivity index (χ2n) is 29.3. The van der Waals surface area contributed by atoms with Crippen LogP contribution >= 0.6 is 23.5 Å². The van der Waals surface area contributed by atoms with Crippen LogP contribution in [-0.2, 0) is 66.8 Å². The van der Waals surface area contributed by atoms with Crippen molar-refractivity contribution in [1.29, 1.82) is 0 Å². The van der Waals surface area contributed by atoms with Gasteiger partial charge in [-0.25, -0.2) is 14.8 Å². The highest BCUT2D eigenvalue weighted by Crippen LogP contribution is 2.46. The summed E-state index contributed by atoms with van der Waals surface area (Å²) in [7, 11) is 3.28. The van der Waals surface area contributed by atoms with Crippen LogP contribution in [0.25, 0.3) is 32.9 Å². The number of nitrogens with one attached hydrogen (secondary N) is 6. The quantitative estimate of drug-likeness (QED) is 0.00947. The standard InChI is InChI=1S/C87H93N13O13S2/c1-86(91-39-16-19-59-26-31-72(109-3)71(52-59)99-43-35-73(101)94-85(99)108)37-44-97(45-38-86)62-33-41-98(42-34-62)84-93-69-30-27-60(68-55-96(2)81(105)76-66(68)32-40-88-76)53-67(69)79(95-84)87(113-63-28-29-63,61-20-10-5-11-21-61)56-112-57-90-75(103)54-89-80(104)70(51-58-17-8-4-9-18-58)92-74(102)36-47-110-49-50-111-48-46-100-82(106)77(114-64-22-12-6-13-23-64)78(83(100)107)115-65-24-14-7-15-25-65/h4-15,17-18,20-27,30-32,40,52-53,55,62-63,70,88,91H,28-29,33-39,41-51,54,56-57H2,1-3H3,(H,89,104)(H,90,103)(H,92,102)(H,94,101,108)/t70-,87-/m0/s1. The van der Waals surface area contributed by atoms with Crippen LogP contribution in [-0.4, -0.2) is 194 Å². The van der Waals surface area contributed by atoms with E-state index in [1.165, 1.54) is 33.3 Å². The van der Waals surface area contributed by atoms with E-state index in [2.05, 4.69) is 66.2 Å². The number of urea groups is 1. The van der Waals surface area contributed by atoms with Gasteiger partial charge in [-0.3, -0.25) is 48.7 Å². The van der Waals surface area contributed by atoms with Gasteiger partial charge < -0.3 is 64.3 Å². The number of hydrogen-bond donors (Lipinski definition) is 6. The SMILES string of the molecule is COc1ccc(C#CCNC2(C)CCN(C3CCN(c4nc([C@@](COCNC(=O)CNC(=O)[C@H](Cc5ccccc5)NC(=O)CCOCCOCCN5C(=O)C(Sc6ccccc6)=C(Sc6ccccc6)C5=O)(OC5CC5)c5ccccc5)c5cc(-c6cn(C)c(=O)c7[nH]ccc67)ccc5n4)CC3)CC2)cc1N1CCC(=O)NC1=O. The number of benzene rings is 6. The molecule has 6 N–H and O–H groups in total. The van der Waals surface area contributed by atoms with E-state index in [9.17, 15) is 38.4 Å². The number of likely N-dealkylation sites (tertiary alicyclic amines) is 1. The fraction of sp³-hybridized carbons (Fsp3) is 0.356. The number of aryl methyl sites for hydroxylation is 1. The molecule has 2 atom stereocenters. The van der Waals surface area contributed by atoms with Crippen molar-refractivity contribution < 1.29 is 57.2 Å². The monoisotopic (exact) mass is 1590 g/mol. The molecule has 3 saturated heterocycles. The number of pyridine rings is 1. The molecule has 0 bridgehead atoms. The Morgan fingerprint density at radius 2 is 1.39 bits per heavy atom. The zero-order chi connectivity index (χ0) is 79.8. The zero-order valence-corrected chi connectivity index (χ0v) is 66.1. The number of imide groups is 2. The van der Waals surface area contributed by atoms with E-state index in [1.807, 2.05) is 158 Å². The van der Waals surface area contributed by atoms with Gasteiger partial charge in [-0.15, -0.1) is 0 Å². The first-order valence-corrected chi connectivity index (χ1v) is 40.5. The number of aromatic amines is 1. The van der Waals surface area contributed by atoms with Gasteiger partial charge in [-0.2, -0.15) is 0 Å². The van der Waals surface area contributed by atoms with E-state index in [0.29, 0.717) is 75.0 Å². The number of piperidine rings is 2. The van der Waals surface area contributed by atoms with E-state index < -0.39 is 41.9 Å². The summed E-state index contributed by atoms with van der Waals surface area (Å²) in [4.78, 5) is 131. The molecule has 28 heteroatoms. The summed E-state index contributed by atoms with van der Waals surface area (Å²) in [5.74, 6) is 4.97. The molecule has 1 aliphatic carbocycles. The summed E-state index contributed by atoms with van der Waals surface area (Å²) in [5, 5.41) is 16.0. The Bertz CT molecular complexity index is 5120. The van der Waals surface area contributed by atoms with Gasteiger partial charge in [0, 0.05) is 115 Å². The first-order chi connectivity index (χ1) is 56.0. The molecule has 14 rings (SSSR count). The van der Waals surface area contributed by atoms with Crippen LogP contribution in [0.1, 0.15) is 80.7 Å². The Kier molecular flexibility index (Phi) is 26.3. The number of nitrogens with zero attached hydrogens (tertiary/aromatic N) is 7.